The van der Waals surface area contributed by atoms with Crippen molar-refractivity contribution in [3.63, 3.8) is 0 Å². The molecule has 0 N–H and O–H groups in total. The van der Waals surface area contributed by atoms with E-state index in [4.69, 9.17) is 0 Å². The van der Waals surface area contributed by atoms with Crippen LogP contribution in [-0.4, -0.2) is 6.29 Å². The summed E-state index contributed by atoms with van der Waals surface area (Å²) in [5, 5.41) is 0. The lowest BCUT2D eigenvalue weighted by molar-refractivity contribution is 0.111. The fraction of sp³-hybridized carbons (Fsp3) is 0.125. The molecule has 1 aromatic rings. The molecule has 0 aliphatic carbocycles. The number of aldehydes is 1. The third-order valence-corrected chi connectivity index (χ3v) is 1.40. The van der Waals surface area contributed by atoms with Crippen molar-refractivity contribution < 1.29 is 18.0 Å². The molecule has 12 heavy (non-hydrogen) atoms. The zero-order valence-electron chi connectivity index (χ0n) is 5.93. The van der Waals surface area contributed by atoms with Crippen LogP contribution >= 0.6 is 0 Å². The van der Waals surface area contributed by atoms with E-state index in [2.05, 4.69) is 0 Å². The molecule has 1 rings (SSSR count). The van der Waals surface area contributed by atoms with Crippen molar-refractivity contribution in [2.24, 2.45) is 0 Å². The second kappa shape index (κ2) is 3.38. The number of carbonyl (C=O) groups excluding carboxylic acids is 1. The smallest absolute Gasteiger partial charge is 0.263 e. The van der Waals surface area contributed by atoms with Gasteiger partial charge in [0, 0.05) is 5.56 Å². The molecule has 0 saturated heterocycles. The van der Waals surface area contributed by atoms with Gasteiger partial charge in [0.25, 0.3) is 6.43 Å². The highest BCUT2D eigenvalue weighted by Crippen LogP contribution is 2.20. The number of hydrogen-bond donors (Lipinski definition) is 0. The van der Waals surface area contributed by atoms with Crippen LogP contribution in [0.15, 0.2) is 18.2 Å². The van der Waals surface area contributed by atoms with Crippen molar-refractivity contribution in [1.29, 1.82) is 0 Å². The number of rotatable bonds is 2. The molecule has 0 radical (unpaired) electrons. The number of carbonyl (C=O) groups is 1. The normalized spacial score (nSPS) is 10.3. The van der Waals surface area contributed by atoms with Crippen molar-refractivity contribution in [2.75, 3.05) is 0 Å². The van der Waals surface area contributed by atoms with Crippen LogP contribution in [0.1, 0.15) is 22.3 Å². The fourth-order valence-electron chi connectivity index (χ4n) is 0.788. The Kier molecular flexibility index (Phi) is 2.47. The van der Waals surface area contributed by atoms with Crippen LogP contribution in [0, 0.1) is 5.82 Å². The molecule has 0 bridgehead atoms. The minimum Gasteiger partial charge on any atom is -0.298 e. The lowest BCUT2D eigenvalue weighted by atomic mass is 10.1. The molecule has 4 heteroatoms. The highest BCUT2D eigenvalue weighted by Gasteiger charge is 2.09. The molecule has 0 saturated carbocycles. The summed E-state index contributed by atoms with van der Waals surface area (Å²) in [6.07, 6.45) is -2.47. The van der Waals surface area contributed by atoms with Gasteiger partial charge >= 0.3 is 0 Å². The van der Waals surface area contributed by atoms with E-state index < -0.39 is 12.2 Å². The lowest BCUT2D eigenvalue weighted by Crippen LogP contribution is -1.91. The minimum atomic E-state index is -2.68. The van der Waals surface area contributed by atoms with Crippen LogP contribution in [0.5, 0.6) is 0 Å². The Labute approximate surface area is 66.8 Å². The maximum atomic E-state index is 12.6. The molecule has 0 aliphatic rings. The first-order valence-corrected chi connectivity index (χ1v) is 3.18. The van der Waals surface area contributed by atoms with Crippen molar-refractivity contribution in [2.45, 2.75) is 6.43 Å². The van der Waals surface area contributed by atoms with E-state index in [-0.39, 0.29) is 17.4 Å². The highest BCUT2D eigenvalue weighted by atomic mass is 19.3. The van der Waals surface area contributed by atoms with E-state index in [0.717, 1.165) is 18.2 Å². The maximum Gasteiger partial charge on any atom is 0.263 e. The van der Waals surface area contributed by atoms with Crippen LogP contribution in [-0.2, 0) is 0 Å². The molecular weight excluding hydrogens is 169 g/mol. The summed E-state index contributed by atoms with van der Waals surface area (Å²) in [6, 6.07) is 2.64. The van der Waals surface area contributed by atoms with Crippen LogP contribution in [0.2, 0.25) is 0 Å². The molecule has 0 fully saturated rings. The summed E-state index contributed by atoms with van der Waals surface area (Å²) < 4.78 is 36.5. The van der Waals surface area contributed by atoms with Gasteiger partial charge in [-0.3, -0.25) is 4.79 Å². The second-order valence-electron chi connectivity index (χ2n) is 2.20. The monoisotopic (exact) mass is 174 g/mol. The molecule has 1 aromatic carbocycles. The van der Waals surface area contributed by atoms with E-state index in [1.54, 1.807) is 0 Å². The van der Waals surface area contributed by atoms with Gasteiger partial charge in [0.15, 0.2) is 6.29 Å². The van der Waals surface area contributed by atoms with Crippen LogP contribution in [0.4, 0.5) is 13.2 Å². The third-order valence-electron chi connectivity index (χ3n) is 1.40. The first-order chi connectivity index (χ1) is 5.65. The number of hydrogen-bond acceptors (Lipinski definition) is 1. The number of alkyl halides is 2. The van der Waals surface area contributed by atoms with E-state index in [1.807, 2.05) is 0 Å². The van der Waals surface area contributed by atoms with Gasteiger partial charge in [-0.2, -0.15) is 0 Å². The van der Waals surface area contributed by atoms with Crippen molar-refractivity contribution >= 4 is 6.29 Å². The number of halogens is 3. The molecule has 64 valence electrons. The Morgan fingerprint density at radius 1 is 1.33 bits per heavy atom. The van der Waals surface area contributed by atoms with E-state index in [0.29, 0.717) is 0 Å². The van der Waals surface area contributed by atoms with Crippen LogP contribution in [0.25, 0.3) is 0 Å². The zero-order valence-corrected chi connectivity index (χ0v) is 5.93. The maximum absolute atomic E-state index is 12.6. The molecule has 0 unspecified atom stereocenters. The van der Waals surface area contributed by atoms with Crippen molar-refractivity contribution in [1.82, 2.24) is 0 Å². The average Bonchev–Trinajstić information content (AvgIpc) is 2.05. The van der Waals surface area contributed by atoms with Gasteiger partial charge in [-0.1, -0.05) is 6.07 Å². The number of benzene rings is 1. The zero-order chi connectivity index (χ0) is 9.14. The molecule has 0 aliphatic heterocycles. The molecule has 0 heterocycles. The molecule has 0 atom stereocenters. The van der Waals surface area contributed by atoms with E-state index in [1.165, 1.54) is 0 Å². The van der Waals surface area contributed by atoms with Gasteiger partial charge in [-0.15, -0.1) is 0 Å². The van der Waals surface area contributed by atoms with Gasteiger partial charge in [0.2, 0.25) is 0 Å². The summed E-state index contributed by atoms with van der Waals surface area (Å²) in [5.74, 6) is -0.783. The first kappa shape index (κ1) is 8.77. The van der Waals surface area contributed by atoms with E-state index in [9.17, 15) is 18.0 Å². The molecule has 0 amide bonds. The summed E-state index contributed by atoms with van der Waals surface area (Å²) in [5.41, 5.74) is -0.689. The molecule has 1 nitrogen and oxygen atoms in total. The summed E-state index contributed by atoms with van der Waals surface area (Å²) in [7, 11) is 0. The fourth-order valence-corrected chi connectivity index (χ4v) is 0.788. The standard InChI is InChI=1S/C8H5F3O/c9-7-2-1-5(8(10)11)3-6(7)4-12/h1-4,8H. The van der Waals surface area contributed by atoms with E-state index >= 15 is 0 Å². The van der Waals surface area contributed by atoms with Gasteiger partial charge in [-0.25, -0.2) is 13.2 Å². The third kappa shape index (κ3) is 1.64. The minimum absolute atomic E-state index is 0.210. The second-order valence-corrected chi connectivity index (χ2v) is 2.20. The van der Waals surface area contributed by atoms with Gasteiger partial charge in [0.05, 0.1) is 5.56 Å². The Morgan fingerprint density at radius 3 is 2.50 bits per heavy atom. The summed E-state index contributed by atoms with van der Waals surface area (Å²) >= 11 is 0. The summed E-state index contributed by atoms with van der Waals surface area (Å²) in [6.45, 7) is 0. The highest BCUT2D eigenvalue weighted by molar-refractivity contribution is 5.75. The van der Waals surface area contributed by atoms with Crippen molar-refractivity contribution in [3.8, 4) is 0 Å². The molecular formula is C8H5F3O. The molecule has 0 aromatic heterocycles. The van der Waals surface area contributed by atoms with Crippen LogP contribution < -0.4 is 0 Å². The Balaban J connectivity index is 3.13. The SMILES string of the molecule is O=Cc1cc(C(F)F)ccc1F. The van der Waals surface area contributed by atoms with Gasteiger partial charge < -0.3 is 0 Å². The van der Waals surface area contributed by atoms with Gasteiger partial charge in [-0.05, 0) is 12.1 Å². The summed E-state index contributed by atoms with van der Waals surface area (Å²) in [4.78, 5) is 10.1. The first-order valence-electron chi connectivity index (χ1n) is 3.18. The van der Waals surface area contributed by atoms with Crippen LogP contribution in [0.3, 0.4) is 0 Å². The average molecular weight is 174 g/mol. The quantitative estimate of drug-likeness (QED) is 0.629. The predicted octanol–water partition coefficient (Wildman–Crippen LogP) is 2.58. The Bertz CT molecular complexity index is 296. The van der Waals surface area contributed by atoms with Crippen molar-refractivity contribution in [3.05, 3.63) is 35.1 Å². The predicted molar refractivity (Wildman–Crippen MR) is 36.7 cm³/mol. The Hall–Kier alpha value is -1.32. The topological polar surface area (TPSA) is 17.1 Å². The van der Waals surface area contributed by atoms with Gasteiger partial charge in [0.1, 0.15) is 5.82 Å². The largest absolute Gasteiger partial charge is 0.298 e. The molecule has 0 spiro atoms. The lowest BCUT2D eigenvalue weighted by Gasteiger charge is -1.99. The Morgan fingerprint density at radius 2 is 2.00 bits per heavy atom.